The highest BCUT2D eigenvalue weighted by Gasteiger charge is 2.46. The van der Waals surface area contributed by atoms with Crippen LogP contribution in [-0.2, 0) is 16.8 Å². The van der Waals surface area contributed by atoms with Crippen molar-refractivity contribution in [1.29, 1.82) is 0 Å². The third-order valence-corrected chi connectivity index (χ3v) is 6.56. The fourth-order valence-corrected chi connectivity index (χ4v) is 4.68. The average Bonchev–Trinajstić information content (AvgIpc) is 3.59. The minimum absolute atomic E-state index is 0.0868. The van der Waals surface area contributed by atoms with E-state index in [1.54, 1.807) is 13.1 Å². The maximum absolute atomic E-state index is 14.6. The molecule has 5 rings (SSSR count). The predicted molar refractivity (Wildman–Crippen MR) is 124 cm³/mol. The van der Waals surface area contributed by atoms with Crippen LogP contribution in [0.15, 0.2) is 58.9 Å². The Morgan fingerprint density at radius 1 is 1.19 bits per heavy atom. The van der Waals surface area contributed by atoms with Crippen molar-refractivity contribution in [2.24, 2.45) is 16.1 Å². The van der Waals surface area contributed by atoms with Gasteiger partial charge in [0.1, 0.15) is 22.6 Å². The third kappa shape index (κ3) is 4.38. The summed E-state index contributed by atoms with van der Waals surface area (Å²) in [4.78, 5) is 15.0. The molecule has 0 spiro atoms. The van der Waals surface area contributed by atoms with E-state index in [2.05, 4.69) is 19.9 Å². The second-order valence-corrected chi connectivity index (χ2v) is 8.86. The molecule has 0 radical (unpaired) electrons. The molecule has 1 aliphatic carbocycles. The maximum Gasteiger partial charge on any atom is 0.388 e. The van der Waals surface area contributed by atoms with Crippen LogP contribution in [0.25, 0.3) is 10.9 Å². The summed E-state index contributed by atoms with van der Waals surface area (Å²) < 4.78 is 51.1. The highest BCUT2D eigenvalue weighted by atomic mass is 19.3. The van der Waals surface area contributed by atoms with Gasteiger partial charge in [0, 0.05) is 23.6 Å². The van der Waals surface area contributed by atoms with E-state index in [1.165, 1.54) is 6.07 Å². The molecule has 0 bridgehead atoms. The number of halogens is 3. The molecule has 10 heteroatoms. The number of hydrogen-bond donors (Lipinski definition) is 1. The quantitative estimate of drug-likeness (QED) is 0.396. The second-order valence-electron chi connectivity index (χ2n) is 8.86. The zero-order chi connectivity index (χ0) is 25.4. The van der Waals surface area contributed by atoms with Crippen molar-refractivity contribution in [3.8, 4) is 11.6 Å². The van der Waals surface area contributed by atoms with Gasteiger partial charge in [-0.2, -0.15) is 19.0 Å². The van der Waals surface area contributed by atoms with Crippen LogP contribution in [0.2, 0.25) is 0 Å². The highest BCUT2D eigenvalue weighted by molar-refractivity contribution is 5.91. The highest BCUT2D eigenvalue weighted by Crippen LogP contribution is 2.51. The van der Waals surface area contributed by atoms with Gasteiger partial charge in [-0.25, -0.2) is 14.2 Å². The number of carboxylic acids is 1. The van der Waals surface area contributed by atoms with E-state index in [4.69, 9.17) is 9.84 Å². The molecule has 7 nitrogen and oxygen atoms in total. The van der Waals surface area contributed by atoms with E-state index in [0.717, 1.165) is 30.0 Å². The number of aryl methyl sites for hydroxylation is 1. The van der Waals surface area contributed by atoms with Crippen LogP contribution >= 0.6 is 0 Å². The molecule has 1 aliphatic heterocycles. The van der Waals surface area contributed by atoms with Gasteiger partial charge in [-0.05, 0) is 60.6 Å². The molecule has 2 heterocycles. The lowest BCUT2D eigenvalue weighted by molar-refractivity contribution is -0.139. The molecule has 0 saturated heterocycles. The third-order valence-electron chi connectivity index (χ3n) is 6.56. The molecule has 1 saturated carbocycles. The van der Waals surface area contributed by atoms with Gasteiger partial charge in [-0.3, -0.25) is 0 Å². The van der Waals surface area contributed by atoms with E-state index in [1.807, 2.05) is 30.3 Å². The summed E-state index contributed by atoms with van der Waals surface area (Å²) >= 11 is 0. The van der Waals surface area contributed by atoms with Crippen molar-refractivity contribution in [2.75, 3.05) is 6.61 Å². The molecular weight excluding hydrogens is 475 g/mol. The van der Waals surface area contributed by atoms with E-state index in [-0.39, 0.29) is 23.1 Å². The second kappa shape index (κ2) is 9.25. The van der Waals surface area contributed by atoms with Gasteiger partial charge < -0.3 is 14.6 Å². The van der Waals surface area contributed by atoms with E-state index in [9.17, 15) is 18.0 Å². The Labute approximate surface area is 204 Å². The van der Waals surface area contributed by atoms with Crippen molar-refractivity contribution in [2.45, 2.75) is 38.3 Å². The molecule has 2 aromatic carbocycles. The number of alkyl halides is 2. The number of aliphatic carboxylic acids is 1. The largest absolute Gasteiger partial charge is 0.481 e. The Morgan fingerprint density at radius 3 is 2.56 bits per heavy atom. The molecule has 1 atom stereocenters. The summed E-state index contributed by atoms with van der Waals surface area (Å²) in [7, 11) is 0. The number of benzene rings is 2. The van der Waals surface area contributed by atoms with E-state index in [0.29, 0.717) is 17.0 Å². The molecular formula is C26H22F3N3O4. The summed E-state index contributed by atoms with van der Waals surface area (Å²) in [6.45, 7) is -2.20. The van der Waals surface area contributed by atoms with Crippen molar-refractivity contribution in [3.63, 3.8) is 0 Å². The zero-order valence-corrected chi connectivity index (χ0v) is 19.2. The molecule has 3 aromatic rings. The summed E-state index contributed by atoms with van der Waals surface area (Å²) in [5, 5.41) is 17.7. The predicted octanol–water partition coefficient (Wildman–Crippen LogP) is 5.92. The lowest BCUT2D eigenvalue weighted by Gasteiger charge is -2.23. The minimum Gasteiger partial charge on any atom is -0.481 e. The molecule has 1 N–H and O–H groups in total. The number of hydrogen-bond acceptors (Lipinski definition) is 6. The maximum atomic E-state index is 14.6. The van der Waals surface area contributed by atoms with Crippen LogP contribution in [0, 0.1) is 18.7 Å². The molecule has 2 aliphatic rings. The summed E-state index contributed by atoms with van der Waals surface area (Å²) in [5.74, 6) is -1.88. The summed E-state index contributed by atoms with van der Waals surface area (Å²) in [5.41, 5.74) is 1.80. The molecule has 0 amide bonds. The first-order valence-electron chi connectivity index (χ1n) is 11.4. The minimum atomic E-state index is -3.16. The van der Waals surface area contributed by atoms with Crippen LogP contribution < -0.4 is 9.47 Å². The van der Waals surface area contributed by atoms with Crippen LogP contribution in [-0.4, -0.2) is 29.3 Å². The Bertz CT molecular complexity index is 1370. The Hall–Kier alpha value is -3.95. The Kier molecular flexibility index (Phi) is 6.11. The van der Waals surface area contributed by atoms with Crippen LogP contribution in [0.1, 0.15) is 35.1 Å². The fourth-order valence-electron chi connectivity index (χ4n) is 4.68. The monoisotopic (exact) mass is 497 g/mol. The van der Waals surface area contributed by atoms with E-state index >= 15 is 0 Å². The van der Waals surface area contributed by atoms with Gasteiger partial charge in [-0.15, -0.1) is 0 Å². The van der Waals surface area contributed by atoms with Gasteiger partial charge in [0.25, 0.3) is 0 Å². The number of carbonyl (C=O) groups is 1. The van der Waals surface area contributed by atoms with Crippen molar-refractivity contribution < 1.29 is 32.5 Å². The van der Waals surface area contributed by atoms with Gasteiger partial charge in [0.15, 0.2) is 6.61 Å². The lowest BCUT2D eigenvalue weighted by Crippen LogP contribution is -2.21. The smallest absolute Gasteiger partial charge is 0.388 e. The standard InChI is InChI=1S/C26H22F3N3O4/c1-14-18(12-15-2-4-16(5-3-15)26(17-6-7-17)10-11-30-32-26)24(36-25(28)29)31-23-19(27)8-9-20(22(14)23)35-13-21(33)34/h2-5,8-11,17,25H,6-7,12-13H2,1H3,(H,33,34). The lowest BCUT2D eigenvalue weighted by atomic mass is 9.85. The number of rotatable bonds is 9. The number of carboxylic acid groups (broad SMARTS) is 1. The normalized spacial score (nSPS) is 18.8. The van der Waals surface area contributed by atoms with Crippen molar-refractivity contribution >= 4 is 16.9 Å². The number of fused-ring (bicyclic) bond motifs is 1. The van der Waals surface area contributed by atoms with Gasteiger partial charge in [-0.1, -0.05) is 24.3 Å². The van der Waals surface area contributed by atoms with Crippen LogP contribution in [0.4, 0.5) is 13.2 Å². The number of nitrogens with zero attached hydrogens (tertiary/aromatic N) is 3. The van der Waals surface area contributed by atoms with Gasteiger partial charge in [0.2, 0.25) is 5.88 Å². The topological polar surface area (TPSA) is 93.4 Å². The van der Waals surface area contributed by atoms with Crippen LogP contribution in [0.5, 0.6) is 11.6 Å². The van der Waals surface area contributed by atoms with E-state index < -0.39 is 36.4 Å². The Balaban J connectivity index is 1.55. The first-order valence-corrected chi connectivity index (χ1v) is 11.4. The molecule has 1 unspecified atom stereocenters. The first-order chi connectivity index (χ1) is 17.3. The number of azo groups is 1. The molecule has 36 heavy (non-hydrogen) atoms. The Morgan fingerprint density at radius 2 is 1.94 bits per heavy atom. The number of pyridine rings is 1. The SMILES string of the molecule is Cc1c(Cc2ccc(C3(C4CC4)C=CN=N3)cc2)c(OC(F)F)nc2c(F)ccc(OCC(=O)O)c12. The fraction of sp³-hybridized carbons (Fsp3) is 0.308. The van der Waals surface area contributed by atoms with Crippen molar-refractivity contribution in [3.05, 3.63) is 76.7 Å². The number of aromatic nitrogens is 1. The molecule has 1 fully saturated rings. The summed E-state index contributed by atoms with van der Waals surface area (Å²) in [6.07, 6.45) is 6.01. The first kappa shape index (κ1) is 23.8. The average molecular weight is 497 g/mol. The molecule has 1 aromatic heterocycles. The molecule has 186 valence electrons. The zero-order valence-electron chi connectivity index (χ0n) is 19.2. The van der Waals surface area contributed by atoms with Crippen LogP contribution in [0.3, 0.4) is 0 Å². The summed E-state index contributed by atoms with van der Waals surface area (Å²) in [6, 6.07) is 9.99. The van der Waals surface area contributed by atoms with Gasteiger partial charge >= 0.3 is 12.6 Å². The van der Waals surface area contributed by atoms with Crippen molar-refractivity contribution in [1.82, 2.24) is 4.98 Å². The number of ether oxygens (including phenoxy) is 2. The van der Waals surface area contributed by atoms with Gasteiger partial charge in [0.05, 0.1) is 0 Å².